The highest BCUT2D eigenvalue weighted by atomic mass is 32.1. The molecule has 5 aromatic carbocycles. The van der Waals surface area contributed by atoms with E-state index in [9.17, 15) is 0 Å². The number of hydrogen-bond donors (Lipinski definition) is 0. The third-order valence-electron chi connectivity index (χ3n) is 7.97. The van der Waals surface area contributed by atoms with Gasteiger partial charge < -0.3 is 4.57 Å². The Hall–Kier alpha value is -4.93. The Morgan fingerprint density at radius 2 is 1.08 bits per heavy atom. The number of para-hydroxylation sites is 4. The quantitative estimate of drug-likeness (QED) is 0.225. The predicted octanol–water partition coefficient (Wildman–Crippen LogP) is 9.64. The average Bonchev–Trinajstić information content (AvgIpc) is 3.65. The minimum absolute atomic E-state index is 0.988. The lowest BCUT2D eigenvalue weighted by Gasteiger charge is -2.09. The van der Waals surface area contributed by atoms with Crippen LogP contribution in [0.5, 0.6) is 0 Å². The zero-order valence-corrected chi connectivity index (χ0v) is 21.7. The van der Waals surface area contributed by atoms with Crippen LogP contribution in [0.3, 0.4) is 0 Å². The van der Waals surface area contributed by atoms with Gasteiger partial charge in [-0.2, -0.15) is 0 Å². The van der Waals surface area contributed by atoms with Crippen molar-refractivity contribution in [3.8, 4) is 11.5 Å². The van der Waals surface area contributed by atoms with Gasteiger partial charge in [0, 0.05) is 48.9 Å². The van der Waals surface area contributed by atoms with Crippen LogP contribution in [0.4, 0.5) is 0 Å². The van der Waals surface area contributed by atoms with Crippen LogP contribution in [0, 0.1) is 0 Å². The van der Waals surface area contributed by atoms with E-state index in [0.717, 1.165) is 5.82 Å². The van der Waals surface area contributed by atoms with Gasteiger partial charge in [-0.15, -0.1) is 11.3 Å². The Kier molecular flexibility index (Phi) is 4.21. The highest BCUT2D eigenvalue weighted by Gasteiger charge is 2.21. The maximum atomic E-state index is 5.01. The van der Waals surface area contributed by atoms with Crippen LogP contribution in [-0.2, 0) is 0 Å². The van der Waals surface area contributed by atoms with Crippen LogP contribution in [0.25, 0.3) is 75.3 Å². The highest BCUT2D eigenvalue weighted by molar-refractivity contribution is 7.26. The summed E-state index contributed by atoms with van der Waals surface area (Å²) in [7, 11) is 0. The molecule has 0 aliphatic heterocycles. The number of benzene rings is 5. The van der Waals surface area contributed by atoms with Gasteiger partial charge in [0.2, 0.25) is 0 Å². The molecule has 0 saturated carbocycles. The predicted molar refractivity (Wildman–Crippen MR) is 166 cm³/mol. The molecule has 0 saturated heterocycles. The van der Waals surface area contributed by atoms with Gasteiger partial charge in [0.15, 0.2) is 5.82 Å². The lowest BCUT2D eigenvalue weighted by Crippen LogP contribution is -1.97. The maximum Gasteiger partial charge on any atom is 0.155 e. The zero-order valence-electron chi connectivity index (χ0n) is 20.9. The lowest BCUT2D eigenvalue weighted by molar-refractivity contribution is 1.11. The number of pyridine rings is 1. The molecule has 39 heavy (non-hydrogen) atoms. The number of nitrogens with zero attached hydrogens (tertiary/aromatic N) is 3. The molecule has 0 aliphatic rings. The van der Waals surface area contributed by atoms with Crippen molar-refractivity contribution in [2.24, 2.45) is 0 Å². The smallest absolute Gasteiger partial charge is 0.155 e. The molecule has 0 fully saturated rings. The Balaban J connectivity index is 1.47. The molecular weight excluding hydrogens is 494 g/mol. The molecule has 182 valence electrons. The fraction of sp³-hybridized carbons (Fsp3) is 0. The summed E-state index contributed by atoms with van der Waals surface area (Å²) in [5, 5.41) is 7.58. The molecule has 0 spiro atoms. The fourth-order valence-corrected chi connectivity index (χ4v) is 7.56. The van der Waals surface area contributed by atoms with Crippen molar-refractivity contribution in [1.82, 2.24) is 14.1 Å². The normalized spacial score (nSPS) is 12.1. The summed E-state index contributed by atoms with van der Waals surface area (Å²) in [6.07, 6.45) is 1.97. The number of fused-ring (bicyclic) bond motifs is 10. The number of thiophene rings is 1. The van der Waals surface area contributed by atoms with E-state index < -0.39 is 0 Å². The van der Waals surface area contributed by atoms with Crippen molar-refractivity contribution in [3.05, 3.63) is 128 Å². The van der Waals surface area contributed by atoms with Crippen LogP contribution < -0.4 is 0 Å². The van der Waals surface area contributed by atoms with E-state index >= 15 is 0 Å². The lowest BCUT2D eigenvalue weighted by atomic mass is 10.1. The van der Waals surface area contributed by atoms with Crippen LogP contribution in [0.2, 0.25) is 0 Å². The molecule has 0 aliphatic carbocycles. The first-order chi connectivity index (χ1) is 19.4. The molecule has 9 aromatic rings. The zero-order chi connectivity index (χ0) is 25.5. The summed E-state index contributed by atoms with van der Waals surface area (Å²) in [5.41, 5.74) is 6.01. The largest absolute Gasteiger partial charge is 0.309 e. The average molecular weight is 516 g/mol. The molecule has 0 bridgehead atoms. The summed E-state index contributed by atoms with van der Waals surface area (Å²) in [4.78, 5) is 5.01. The molecule has 0 atom stereocenters. The SMILES string of the molecule is c1ccc(-n2c3ccccc3c3ccc4sc5c(-n6c7ccccc7c7ccccc76)nccc5c4c32)cc1. The second kappa shape index (κ2) is 7.79. The van der Waals surface area contributed by atoms with Crippen LogP contribution in [0.1, 0.15) is 0 Å². The third kappa shape index (κ3) is 2.78. The molecule has 0 radical (unpaired) electrons. The first-order valence-electron chi connectivity index (χ1n) is 13.2. The summed E-state index contributed by atoms with van der Waals surface area (Å²) >= 11 is 1.84. The minimum Gasteiger partial charge on any atom is -0.309 e. The molecule has 3 nitrogen and oxygen atoms in total. The standard InChI is InChI=1S/C35H21N3S/c1-2-10-22(11-3-1)37-28-15-7-6-14-25(28)26-18-19-31-32(33(26)37)27-20-21-36-35(34(27)39-31)38-29-16-8-4-12-23(29)24-13-5-9-17-30(24)38/h1-21H. The van der Waals surface area contributed by atoms with E-state index in [-0.39, 0.29) is 0 Å². The van der Waals surface area contributed by atoms with E-state index in [0.29, 0.717) is 0 Å². The topological polar surface area (TPSA) is 22.8 Å². The van der Waals surface area contributed by atoms with E-state index in [1.54, 1.807) is 0 Å². The van der Waals surface area contributed by atoms with E-state index in [1.165, 1.54) is 69.5 Å². The monoisotopic (exact) mass is 515 g/mol. The molecule has 0 N–H and O–H groups in total. The number of aromatic nitrogens is 3. The minimum atomic E-state index is 0.988. The van der Waals surface area contributed by atoms with Gasteiger partial charge in [0.05, 0.1) is 26.8 Å². The van der Waals surface area contributed by atoms with Crippen LogP contribution in [-0.4, -0.2) is 14.1 Å². The Morgan fingerprint density at radius 3 is 1.77 bits per heavy atom. The summed E-state index contributed by atoms with van der Waals surface area (Å²) in [6, 6.07) is 43.5. The van der Waals surface area contributed by atoms with Crippen LogP contribution in [0.15, 0.2) is 128 Å². The summed E-state index contributed by atoms with van der Waals surface area (Å²) < 4.78 is 7.25. The maximum absolute atomic E-state index is 5.01. The number of rotatable bonds is 2. The van der Waals surface area contributed by atoms with Crippen LogP contribution >= 0.6 is 11.3 Å². The van der Waals surface area contributed by atoms with Gasteiger partial charge in [-0.25, -0.2) is 4.98 Å². The second-order valence-electron chi connectivity index (χ2n) is 10.0. The molecule has 0 unspecified atom stereocenters. The fourth-order valence-electron chi connectivity index (χ4n) is 6.38. The first-order valence-corrected chi connectivity index (χ1v) is 14.0. The molecular formula is C35H21N3S. The first kappa shape index (κ1) is 21.1. The van der Waals surface area contributed by atoms with Crippen molar-refractivity contribution >= 4 is 75.1 Å². The summed E-state index contributed by atoms with van der Waals surface area (Å²) in [6.45, 7) is 0. The van der Waals surface area contributed by atoms with Crippen molar-refractivity contribution in [2.75, 3.05) is 0 Å². The Labute approximate surface area is 227 Å². The number of hydrogen-bond acceptors (Lipinski definition) is 2. The Bertz CT molecular complexity index is 2340. The summed E-state index contributed by atoms with van der Waals surface area (Å²) in [5.74, 6) is 0.988. The van der Waals surface area contributed by atoms with Crippen molar-refractivity contribution < 1.29 is 0 Å². The van der Waals surface area contributed by atoms with E-state index in [1.807, 2.05) is 17.5 Å². The Morgan fingerprint density at radius 1 is 0.487 bits per heavy atom. The van der Waals surface area contributed by atoms with Crippen molar-refractivity contribution in [3.63, 3.8) is 0 Å². The molecule has 0 amide bonds. The van der Waals surface area contributed by atoms with Gasteiger partial charge in [0.1, 0.15) is 0 Å². The van der Waals surface area contributed by atoms with Crippen molar-refractivity contribution in [1.29, 1.82) is 0 Å². The van der Waals surface area contributed by atoms with Gasteiger partial charge in [-0.05, 0) is 42.5 Å². The second-order valence-corrected chi connectivity index (χ2v) is 11.1. The van der Waals surface area contributed by atoms with Crippen molar-refractivity contribution in [2.45, 2.75) is 0 Å². The van der Waals surface area contributed by atoms with Gasteiger partial charge in [0.25, 0.3) is 0 Å². The highest BCUT2D eigenvalue weighted by Crippen LogP contribution is 2.45. The molecule has 4 aromatic heterocycles. The van der Waals surface area contributed by atoms with E-state index in [4.69, 9.17) is 4.98 Å². The molecule has 4 heteroatoms. The molecule has 9 rings (SSSR count). The van der Waals surface area contributed by atoms with Gasteiger partial charge in [-0.1, -0.05) is 78.9 Å². The van der Waals surface area contributed by atoms with Gasteiger partial charge >= 0.3 is 0 Å². The van der Waals surface area contributed by atoms with E-state index in [2.05, 4.69) is 130 Å². The third-order valence-corrected chi connectivity index (χ3v) is 9.14. The molecule has 4 heterocycles. The van der Waals surface area contributed by atoms with Gasteiger partial charge in [-0.3, -0.25) is 4.57 Å².